The number of hydrogen-bond acceptors (Lipinski definition) is 4. The molecule has 0 aliphatic rings. The van der Waals surface area contributed by atoms with E-state index in [0.717, 1.165) is 10.6 Å². The van der Waals surface area contributed by atoms with Crippen LogP contribution < -0.4 is 9.62 Å². The Kier molecular flexibility index (Phi) is 10.1. The third-order valence-electron chi connectivity index (χ3n) is 5.02. The van der Waals surface area contributed by atoms with Crippen molar-refractivity contribution in [2.45, 2.75) is 33.4 Å². The van der Waals surface area contributed by atoms with Crippen LogP contribution in [-0.2, 0) is 26.2 Å². The molecule has 0 aromatic heterocycles. The monoisotopic (exact) mass is 547 g/mol. The van der Waals surface area contributed by atoms with Gasteiger partial charge in [0.25, 0.3) is 0 Å². The minimum atomic E-state index is -3.87. The topological polar surface area (TPSA) is 86.8 Å². The summed E-state index contributed by atoms with van der Waals surface area (Å²) in [7, 11) is -3.87. The van der Waals surface area contributed by atoms with Gasteiger partial charge in [-0.1, -0.05) is 66.8 Å². The van der Waals surface area contributed by atoms with Crippen LogP contribution in [0.15, 0.2) is 42.5 Å². The van der Waals surface area contributed by atoms with Gasteiger partial charge in [0.1, 0.15) is 12.6 Å². The Balaban J connectivity index is 2.40. The molecule has 2 aromatic carbocycles. The number of anilines is 1. The van der Waals surface area contributed by atoms with E-state index < -0.39 is 28.5 Å². The van der Waals surface area contributed by atoms with Crippen LogP contribution in [0.5, 0.6) is 0 Å². The van der Waals surface area contributed by atoms with Gasteiger partial charge in [-0.2, -0.15) is 0 Å². The largest absolute Gasteiger partial charge is 0.354 e. The van der Waals surface area contributed by atoms with E-state index in [1.165, 1.54) is 23.1 Å². The van der Waals surface area contributed by atoms with E-state index in [2.05, 4.69) is 5.32 Å². The maximum atomic E-state index is 13.5. The first-order valence-electron chi connectivity index (χ1n) is 10.5. The first-order chi connectivity index (χ1) is 15.8. The van der Waals surface area contributed by atoms with E-state index in [4.69, 9.17) is 34.8 Å². The van der Waals surface area contributed by atoms with Crippen LogP contribution in [0.3, 0.4) is 0 Å². The van der Waals surface area contributed by atoms with Crippen molar-refractivity contribution in [3.63, 3.8) is 0 Å². The number of hydrogen-bond donors (Lipinski definition) is 1. The minimum absolute atomic E-state index is 0.0216. The molecule has 186 valence electrons. The Bertz CT molecular complexity index is 1140. The second-order valence-corrected chi connectivity index (χ2v) is 11.4. The summed E-state index contributed by atoms with van der Waals surface area (Å²) < 4.78 is 26.0. The summed E-state index contributed by atoms with van der Waals surface area (Å²) >= 11 is 18.3. The van der Waals surface area contributed by atoms with Crippen molar-refractivity contribution in [2.24, 2.45) is 5.92 Å². The quantitative estimate of drug-likeness (QED) is 0.470. The fourth-order valence-electron chi connectivity index (χ4n) is 3.10. The van der Waals surface area contributed by atoms with E-state index >= 15 is 0 Å². The highest BCUT2D eigenvalue weighted by molar-refractivity contribution is 7.92. The summed E-state index contributed by atoms with van der Waals surface area (Å²) in [5.41, 5.74) is 0.807. The average Bonchev–Trinajstić information content (AvgIpc) is 2.75. The highest BCUT2D eigenvalue weighted by atomic mass is 35.5. The molecule has 0 aliphatic carbocycles. The van der Waals surface area contributed by atoms with E-state index in [-0.39, 0.29) is 34.1 Å². The van der Waals surface area contributed by atoms with E-state index in [9.17, 15) is 18.0 Å². The molecule has 0 bridgehead atoms. The maximum Gasteiger partial charge on any atom is 0.244 e. The molecular weight excluding hydrogens is 521 g/mol. The van der Waals surface area contributed by atoms with Gasteiger partial charge in [-0.05, 0) is 42.7 Å². The Morgan fingerprint density at radius 1 is 0.971 bits per heavy atom. The summed E-state index contributed by atoms with van der Waals surface area (Å²) in [4.78, 5) is 27.6. The molecule has 0 heterocycles. The summed E-state index contributed by atoms with van der Waals surface area (Å²) in [6.07, 6.45) is 0.986. The minimum Gasteiger partial charge on any atom is -0.354 e. The standard InChI is InChI=1S/C23H28Cl3N3O4S/c1-15(2)12-27-23(31)16(3)28(13-17-7-5-6-8-19(17)24)22(30)14-29(34(4,32)33)18-9-10-20(25)21(26)11-18/h5-11,15-16H,12-14H2,1-4H3,(H,27,31). The van der Waals surface area contributed by atoms with Crippen molar-refractivity contribution >= 4 is 62.3 Å². The molecule has 0 fully saturated rings. The lowest BCUT2D eigenvalue weighted by Gasteiger charge is -2.32. The van der Waals surface area contributed by atoms with Crippen LogP contribution >= 0.6 is 34.8 Å². The van der Waals surface area contributed by atoms with Crippen LogP contribution in [-0.4, -0.2) is 50.5 Å². The molecule has 2 amide bonds. The first kappa shape index (κ1) is 28.2. The zero-order valence-electron chi connectivity index (χ0n) is 19.4. The van der Waals surface area contributed by atoms with Crippen molar-refractivity contribution in [3.05, 3.63) is 63.1 Å². The van der Waals surface area contributed by atoms with Crippen molar-refractivity contribution < 1.29 is 18.0 Å². The molecule has 34 heavy (non-hydrogen) atoms. The lowest BCUT2D eigenvalue weighted by molar-refractivity contribution is -0.139. The lowest BCUT2D eigenvalue weighted by Crippen LogP contribution is -2.51. The van der Waals surface area contributed by atoms with Gasteiger partial charge in [-0.3, -0.25) is 13.9 Å². The Labute approximate surface area is 216 Å². The number of rotatable bonds is 10. The van der Waals surface area contributed by atoms with Gasteiger partial charge in [0.2, 0.25) is 21.8 Å². The first-order valence-corrected chi connectivity index (χ1v) is 13.5. The summed E-state index contributed by atoms with van der Waals surface area (Å²) in [5.74, 6) is -0.711. The number of amides is 2. The van der Waals surface area contributed by atoms with Gasteiger partial charge in [-0.15, -0.1) is 0 Å². The van der Waals surface area contributed by atoms with Gasteiger partial charge in [-0.25, -0.2) is 8.42 Å². The van der Waals surface area contributed by atoms with Crippen molar-refractivity contribution in [1.29, 1.82) is 0 Å². The Morgan fingerprint density at radius 3 is 2.18 bits per heavy atom. The molecule has 0 spiro atoms. The molecular formula is C23H28Cl3N3O4S. The molecule has 0 radical (unpaired) electrons. The molecule has 0 aliphatic heterocycles. The number of nitrogens with zero attached hydrogens (tertiary/aromatic N) is 2. The lowest BCUT2D eigenvalue weighted by atomic mass is 10.1. The SMILES string of the molecule is CC(C)CNC(=O)C(C)N(Cc1ccccc1Cl)C(=O)CN(c1ccc(Cl)c(Cl)c1)S(C)(=O)=O. The average molecular weight is 549 g/mol. The van der Waals surface area contributed by atoms with Gasteiger partial charge in [0.05, 0.1) is 22.0 Å². The van der Waals surface area contributed by atoms with Gasteiger partial charge in [0.15, 0.2) is 0 Å². The van der Waals surface area contributed by atoms with Crippen LogP contribution in [0, 0.1) is 5.92 Å². The van der Waals surface area contributed by atoms with E-state index in [0.29, 0.717) is 17.1 Å². The van der Waals surface area contributed by atoms with Crippen LogP contribution in [0.1, 0.15) is 26.3 Å². The summed E-state index contributed by atoms with van der Waals surface area (Å²) in [5, 5.41) is 3.65. The predicted molar refractivity (Wildman–Crippen MR) is 138 cm³/mol. The van der Waals surface area contributed by atoms with E-state index in [1.807, 2.05) is 13.8 Å². The second kappa shape index (κ2) is 12.1. The van der Waals surface area contributed by atoms with Gasteiger partial charge >= 0.3 is 0 Å². The molecule has 1 atom stereocenters. The van der Waals surface area contributed by atoms with Crippen molar-refractivity contribution in [1.82, 2.24) is 10.2 Å². The number of carbonyl (C=O) groups is 2. The summed E-state index contributed by atoms with van der Waals surface area (Å²) in [6.45, 7) is 5.43. The molecule has 2 aromatic rings. The predicted octanol–water partition coefficient (Wildman–Crippen LogP) is 4.60. The zero-order valence-corrected chi connectivity index (χ0v) is 22.5. The molecule has 0 saturated heterocycles. The number of benzene rings is 2. The second-order valence-electron chi connectivity index (χ2n) is 8.30. The molecule has 2 rings (SSSR count). The number of carbonyl (C=O) groups excluding carboxylic acids is 2. The molecule has 0 saturated carbocycles. The zero-order chi connectivity index (χ0) is 25.6. The highest BCUT2D eigenvalue weighted by Gasteiger charge is 2.30. The molecule has 7 nitrogen and oxygen atoms in total. The molecule has 1 N–H and O–H groups in total. The van der Waals surface area contributed by atoms with E-state index in [1.54, 1.807) is 31.2 Å². The number of sulfonamides is 1. The number of nitrogens with one attached hydrogen (secondary N) is 1. The van der Waals surface area contributed by atoms with Crippen molar-refractivity contribution in [2.75, 3.05) is 23.7 Å². The highest BCUT2D eigenvalue weighted by Crippen LogP contribution is 2.29. The third kappa shape index (κ3) is 7.77. The van der Waals surface area contributed by atoms with Gasteiger partial charge < -0.3 is 10.2 Å². The Morgan fingerprint density at radius 2 is 1.62 bits per heavy atom. The number of halogens is 3. The molecule has 1 unspecified atom stereocenters. The Hall–Kier alpha value is -2.00. The third-order valence-corrected chi connectivity index (χ3v) is 7.27. The maximum absolute atomic E-state index is 13.5. The normalized spacial score (nSPS) is 12.4. The fourth-order valence-corrected chi connectivity index (χ4v) is 4.43. The van der Waals surface area contributed by atoms with Crippen LogP contribution in [0.4, 0.5) is 5.69 Å². The van der Waals surface area contributed by atoms with Gasteiger partial charge in [0, 0.05) is 18.1 Å². The van der Waals surface area contributed by atoms with Crippen LogP contribution in [0.2, 0.25) is 15.1 Å². The smallest absolute Gasteiger partial charge is 0.244 e. The fraction of sp³-hybridized carbons (Fsp3) is 0.391. The van der Waals surface area contributed by atoms with Crippen molar-refractivity contribution in [3.8, 4) is 0 Å². The summed E-state index contributed by atoms with van der Waals surface area (Å²) in [6, 6.07) is 10.4. The van der Waals surface area contributed by atoms with Crippen LogP contribution in [0.25, 0.3) is 0 Å². The molecule has 11 heteroatoms.